The summed E-state index contributed by atoms with van der Waals surface area (Å²) in [6, 6.07) is 9.44. The Morgan fingerprint density at radius 2 is 1.42 bits per heavy atom. The van der Waals surface area contributed by atoms with Gasteiger partial charge in [-0.05, 0) is 12.1 Å². The lowest BCUT2D eigenvalue weighted by atomic mass is 10.4. The average Bonchev–Trinajstić information content (AvgIpc) is 1.85. The van der Waals surface area contributed by atoms with Gasteiger partial charge in [-0.3, -0.25) is 0 Å². The third-order valence-corrected chi connectivity index (χ3v) is 0.985. The van der Waals surface area contributed by atoms with Crippen molar-refractivity contribution in [2.24, 2.45) is 0 Å². The minimum atomic E-state index is -3.72. The number of benzene rings is 1. The highest BCUT2D eigenvalue weighted by Gasteiger charge is 1.88. The van der Waals surface area contributed by atoms with Crippen molar-refractivity contribution in [1.29, 1.82) is 0 Å². The molecule has 0 unspecified atom stereocenters. The zero-order valence-electron chi connectivity index (χ0n) is 5.75. The molecule has 0 atom stereocenters. The first kappa shape index (κ1) is 12.0. The van der Waals surface area contributed by atoms with Gasteiger partial charge in [0, 0.05) is 27.8 Å². The summed E-state index contributed by atoms with van der Waals surface area (Å²) in [6.07, 6.45) is 0. The summed E-state index contributed by atoms with van der Waals surface area (Å²) in [4.78, 5) is 0. The van der Waals surface area contributed by atoms with Gasteiger partial charge in [-0.2, -0.15) is 8.42 Å². The molecule has 0 bridgehead atoms. The molecule has 0 aromatic heterocycles. The largest absolute Gasteiger partial charge is 0.317 e. The first-order valence-electron chi connectivity index (χ1n) is 2.74. The van der Waals surface area contributed by atoms with E-state index in [1.165, 1.54) is 0 Å². The topological polar surface area (TPSA) is 34.1 Å². The van der Waals surface area contributed by atoms with E-state index in [0.29, 0.717) is 0 Å². The molecule has 1 aromatic rings. The van der Waals surface area contributed by atoms with Crippen LogP contribution >= 0.6 is 33.0 Å². The van der Waals surface area contributed by atoms with Crippen LogP contribution in [0.1, 0.15) is 1.43 Å². The van der Waals surface area contributed by atoms with Crippen LogP contribution in [0.5, 0.6) is 0 Å². The number of hydrogen-bond donors (Lipinski definition) is 0. The van der Waals surface area contributed by atoms with Crippen molar-refractivity contribution in [1.82, 2.24) is 0 Å². The zero-order chi connectivity index (χ0) is 9.61. The van der Waals surface area contributed by atoms with Gasteiger partial charge >= 0.3 is 8.26 Å². The van der Waals surface area contributed by atoms with Crippen molar-refractivity contribution in [2.75, 3.05) is 0 Å². The van der Waals surface area contributed by atoms with Crippen LogP contribution in [0.15, 0.2) is 30.3 Å². The van der Waals surface area contributed by atoms with Crippen LogP contribution < -0.4 is 0 Å². The van der Waals surface area contributed by atoms with E-state index < -0.39 is 8.26 Å². The van der Waals surface area contributed by atoms with Crippen molar-refractivity contribution < 1.29 is 9.84 Å². The molecule has 0 aliphatic heterocycles. The summed E-state index contributed by atoms with van der Waals surface area (Å²) in [5.41, 5.74) is 0. The maximum Gasteiger partial charge on any atom is 0.317 e. The summed E-state index contributed by atoms with van der Waals surface area (Å²) in [6.45, 7) is 0. The maximum absolute atomic E-state index is 9.16. The summed E-state index contributed by atoms with van der Waals surface area (Å²) in [7, 11) is 4.81. The summed E-state index contributed by atoms with van der Waals surface area (Å²) in [5, 5.41) is 0.794. The van der Waals surface area contributed by atoms with Gasteiger partial charge in [0.25, 0.3) is 0 Å². The van der Waals surface area contributed by atoms with Crippen molar-refractivity contribution in [2.45, 2.75) is 0 Å². The molecule has 0 aliphatic carbocycles. The van der Waals surface area contributed by atoms with Gasteiger partial charge < -0.3 is 0 Å². The van der Waals surface area contributed by atoms with Crippen LogP contribution in [0.4, 0.5) is 0 Å². The molecule has 0 saturated carbocycles. The fourth-order valence-electron chi connectivity index (χ4n) is 0.415. The molecule has 0 amide bonds. The van der Waals surface area contributed by atoms with Crippen molar-refractivity contribution in [3.8, 4) is 0 Å². The Bertz CT molecular complexity index is 306. The fourth-order valence-corrected chi connectivity index (χ4v) is 0.560. The number of halogens is 3. The Kier molecular flexibility index (Phi) is 5.66. The molecule has 0 radical (unpaired) electrons. The monoisotopic (exact) mass is 249 g/mol. The second-order valence-corrected chi connectivity index (χ2v) is 5.78. The summed E-state index contributed by atoms with van der Waals surface area (Å²) < 4.78 is 18.3. The molecule has 1 aromatic carbocycles. The third-order valence-electron chi connectivity index (χ3n) is 0.733. The molecule has 6 heteroatoms. The van der Waals surface area contributed by atoms with Gasteiger partial charge in [-0.25, -0.2) is 0 Å². The maximum atomic E-state index is 9.16. The van der Waals surface area contributed by atoms with Crippen LogP contribution in [-0.2, 0) is 8.26 Å². The molecule has 0 N–H and O–H groups in total. The minimum absolute atomic E-state index is 0. The normalized spacial score (nSPS) is 9.92. The zero-order valence-corrected chi connectivity index (χ0v) is 8.83. The van der Waals surface area contributed by atoms with Crippen molar-refractivity contribution in [3.63, 3.8) is 0 Å². The van der Waals surface area contributed by atoms with E-state index in [1.807, 2.05) is 30.3 Å². The van der Waals surface area contributed by atoms with Gasteiger partial charge in [0.05, 0.1) is 0 Å². The Labute approximate surface area is 86.5 Å². The lowest BCUT2D eigenvalue weighted by Gasteiger charge is -1.80. The smallest absolute Gasteiger partial charge is 0.195 e. The minimum Gasteiger partial charge on any atom is -0.195 e. The molecular formula is C6H7Cl3O2S. The van der Waals surface area contributed by atoms with Crippen LogP contribution in [-0.4, -0.2) is 8.42 Å². The molecule has 0 aliphatic rings. The molecule has 0 spiro atoms. The molecule has 1 rings (SSSR count). The summed E-state index contributed by atoms with van der Waals surface area (Å²) >= 11 is 5.54. The van der Waals surface area contributed by atoms with Gasteiger partial charge in [0.15, 0.2) is 0 Å². The highest BCUT2D eigenvalue weighted by molar-refractivity contribution is 8.31. The van der Waals surface area contributed by atoms with E-state index in [4.69, 9.17) is 20.0 Å². The SMILES string of the molecule is Clc1ccccc1.O=S(=O)(Cl)Cl.[2HH]. The predicted octanol–water partition coefficient (Wildman–Crippen LogP) is 3.29. The van der Waals surface area contributed by atoms with E-state index >= 15 is 0 Å². The van der Waals surface area contributed by atoms with E-state index in [2.05, 4.69) is 21.4 Å². The average molecular weight is 251 g/mol. The lowest BCUT2D eigenvalue weighted by molar-refractivity contribution is 0.621. The molecule has 2 nitrogen and oxygen atoms in total. The fraction of sp³-hybridized carbons (Fsp3) is 0. The van der Waals surface area contributed by atoms with Gasteiger partial charge in [-0.15, -0.1) is 0 Å². The van der Waals surface area contributed by atoms with Gasteiger partial charge in [0.1, 0.15) is 0 Å². The van der Waals surface area contributed by atoms with Crippen molar-refractivity contribution in [3.05, 3.63) is 35.4 Å². The highest BCUT2D eigenvalue weighted by atomic mass is 36.0. The predicted molar refractivity (Wildman–Crippen MR) is 54.2 cm³/mol. The number of hydrogen-bond acceptors (Lipinski definition) is 2. The van der Waals surface area contributed by atoms with Crippen LogP contribution in [0.25, 0.3) is 0 Å². The molecular weight excluding hydrogens is 242 g/mol. The van der Waals surface area contributed by atoms with Crippen molar-refractivity contribution >= 4 is 41.2 Å². The van der Waals surface area contributed by atoms with E-state index in [0.717, 1.165) is 5.02 Å². The van der Waals surface area contributed by atoms with Gasteiger partial charge in [-0.1, -0.05) is 29.8 Å². The second kappa shape index (κ2) is 5.65. The number of rotatable bonds is 0. The second-order valence-electron chi connectivity index (χ2n) is 1.67. The van der Waals surface area contributed by atoms with E-state index in [1.54, 1.807) is 0 Å². The Balaban J connectivity index is 0. The van der Waals surface area contributed by atoms with E-state index in [9.17, 15) is 0 Å². The van der Waals surface area contributed by atoms with Crippen LogP contribution in [0, 0.1) is 0 Å². The Hall–Kier alpha value is 0.0400. The lowest BCUT2D eigenvalue weighted by Crippen LogP contribution is -1.63. The molecule has 0 saturated heterocycles. The quantitative estimate of drug-likeness (QED) is 0.662. The molecule has 12 heavy (non-hydrogen) atoms. The first-order chi connectivity index (χ1) is 5.39. The third kappa shape index (κ3) is 12.7. The van der Waals surface area contributed by atoms with Crippen LogP contribution in [0.2, 0.25) is 5.02 Å². The van der Waals surface area contributed by atoms with Crippen LogP contribution in [0.3, 0.4) is 0 Å². The Morgan fingerprint density at radius 3 is 1.58 bits per heavy atom. The standard InChI is InChI=1S/C6H5Cl.Cl2O2S.H2/c7-6-4-2-1-3-5-6;1-5(2,3)4;/h1-5H;;1H/i;;1+1. The highest BCUT2D eigenvalue weighted by Crippen LogP contribution is 2.03. The Morgan fingerprint density at radius 1 is 1.08 bits per heavy atom. The molecule has 70 valence electrons. The van der Waals surface area contributed by atoms with Gasteiger partial charge in [0.2, 0.25) is 0 Å². The molecule has 0 fully saturated rings. The summed E-state index contributed by atoms with van der Waals surface area (Å²) in [5.74, 6) is 0. The first-order valence-corrected chi connectivity index (χ1v) is 6.26. The molecule has 0 heterocycles. The van der Waals surface area contributed by atoms with E-state index in [-0.39, 0.29) is 1.43 Å².